The number of hydrogen-bond donors (Lipinski definition) is 1. The number of nitrogens with zero attached hydrogens (tertiary/aromatic N) is 2. The number of rotatable bonds is 8. The first-order valence-electron chi connectivity index (χ1n) is 8.35. The van der Waals surface area contributed by atoms with Gasteiger partial charge in [0.15, 0.2) is 0 Å². The Kier molecular flexibility index (Phi) is 6.65. The molecule has 1 atom stereocenters. The summed E-state index contributed by atoms with van der Waals surface area (Å²) >= 11 is 0. The SMILES string of the molecule is CCCN(CCC)C(=O)c1ccc(NCC2CCCO2)cn1. The lowest BCUT2D eigenvalue weighted by Crippen LogP contribution is -2.33. The van der Waals surface area contributed by atoms with Crippen molar-refractivity contribution in [3.8, 4) is 0 Å². The molecule has 5 heteroatoms. The van der Waals surface area contributed by atoms with Gasteiger partial charge >= 0.3 is 0 Å². The number of nitrogens with one attached hydrogen (secondary N) is 1. The number of aromatic nitrogens is 1. The maximum absolute atomic E-state index is 12.4. The van der Waals surface area contributed by atoms with Gasteiger partial charge in [-0.05, 0) is 37.8 Å². The molecule has 0 radical (unpaired) electrons. The molecule has 1 aliphatic heterocycles. The first-order chi connectivity index (χ1) is 10.7. The van der Waals surface area contributed by atoms with E-state index in [1.165, 1.54) is 0 Å². The van der Waals surface area contributed by atoms with E-state index in [2.05, 4.69) is 24.1 Å². The van der Waals surface area contributed by atoms with Crippen LogP contribution in [0, 0.1) is 0 Å². The Hall–Kier alpha value is -1.62. The van der Waals surface area contributed by atoms with Crippen molar-refractivity contribution in [2.45, 2.75) is 45.6 Å². The van der Waals surface area contributed by atoms with Crippen LogP contribution in [0.5, 0.6) is 0 Å². The second-order valence-electron chi connectivity index (χ2n) is 5.74. The van der Waals surface area contributed by atoms with E-state index in [1.807, 2.05) is 11.0 Å². The van der Waals surface area contributed by atoms with Crippen LogP contribution in [0.3, 0.4) is 0 Å². The summed E-state index contributed by atoms with van der Waals surface area (Å²) in [6.45, 7) is 7.40. The van der Waals surface area contributed by atoms with Gasteiger partial charge < -0.3 is 15.0 Å². The summed E-state index contributed by atoms with van der Waals surface area (Å²) in [4.78, 5) is 18.6. The first-order valence-corrected chi connectivity index (χ1v) is 8.35. The van der Waals surface area contributed by atoms with Gasteiger partial charge in [0.2, 0.25) is 0 Å². The normalized spacial score (nSPS) is 17.5. The van der Waals surface area contributed by atoms with Gasteiger partial charge in [-0.15, -0.1) is 0 Å². The summed E-state index contributed by atoms with van der Waals surface area (Å²) in [5, 5.41) is 3.32. The number of carbonyl (C=O) groups is 1. The van der Waals surface area contributed by atoms with Crippen molar-refractivity contribution in [2.75, 3.05) is 31.6 Å². The minimum Gasteiger partial charge on any atom is -0.381 e. The molecular weight excluding hydrogens is 278 g/mol. The van der Waals surface area contributed by atoms with Crippen LogP contribution in [0.15, 0.2) is 18.3 Å². The zero-order valence-electron chi connectivity index (χ0n) is 13.7. The molecule has 1 aliphatic rings. The molecule has 0 spiro atoms. The van der Waals surface area contributed by atoms with Crippen molar-refractivity contribution in [3.05, 3.63) is 24.0 Å². The Morgan fingerprint density at radius 1 is 1.36 bits per heavy atom. The molecule has 1 unspecified atom stereocenters. The average Bonchev–Trinajstić information content (AvgIpc) is 3.06. The Morgan fingerprint density at radius 2 is 2.14 bits per heavy atom. The van der Waals surface area contributed by atoms with E-state index in [4.69, 9.17) is 4.74 Å². The smallest absolute Gasteiger partial charge is 0.272 e. The monoisotopic (exact) mass is 305 g/mol. The number of hydrogen-bond acceptors (Lipinski definition) is 4. The third kappa shape index (κ3) is 4.70. The lowest BCUT2D eigenvalue weighted by molar-refractivity contribution is 0.0749. The molecule has 22 heavy (non-hydrogen) atoms. The number of pyridine rings is 1. The summed E-state index contributed by atoms with van der Waals surface area (Å²) in [7, 11) is 0. The molecule has 1 N–H and O–H groups in total. The van der Waals surface area contributed by atoms with Crippen LogP contribution in [0.1, 0.15) is 50.0 Å². The molecule has 1 aromatic heterocycles. The molecule has 1 aromatic rings. The summed E-state index contributed by atoms with van der Waals surface area (Å²) in [5.41, 5.74) is 1.45. The van der Waals surface area contributed by atoms with E-state index in [0.29, 0.717) is 11.8 Å². The fraction of sp³-hybridized carbons (Fsp3) is 0.647. The predicted octanol–water partition coefficient (Wildman–Crippen LogP) is 2.93. The van der Waals surface area contributed by atoms with Gasteiger partial charge in [0.05, 0.1) is 18.0 Å². The molecule has 2 heterocycles. The molecule has 0 aliphatic carbocycles. The van der Waals surface area contributed by atoms with Gasteiger partial charge in [-0.1, -0.05) is 13.8 Å². The van der Waals surface area contributed by atoms with E-state index in [0.717, 1.165) is 57.6 Å². The van der Waals surface area contributed by atoms with Crippen LogP contribution >= 0.6 is 0 Å². The fourth-order valence-electron chi connectivity index (χ4n) is 2.68. The predicted molar refractivity (Wildman–Crippen MR) is 88.2 cm³/mol. The highest BCUT2D eigenvalue weighted by atomic mass is 16.5. The van der Waals surface area contributed by atoms with Crippen molar-refractivity contribution in [3.63, 3.8) is 0 Å². The number of amides is 1. The molecule has 122 valence electrons. The van der Waals surface area contributed by atoms with Crippen molar-refractivity contribution < 1.29 is 9.53 Å². The second kappa shape index (κ2) is 8.73. The van der Waals surface area contributed by atoms with Crippen molar-refractivity contribution in [1.82, 2.24) is 9.88 Å². The van der Waals surface area contributed by atoms with E-state index in [1.54, 1.807) is 12.3 Å². The summed E-state index contributed by atoms with van der Waals surface area (Å²) in [6, 6.07) is 3.73. The zero-order valence-corrected chi connectivity index (χ0v) is 13.7. The maximum Gasteiger partial charge on any atom is 0.272 e. The third-order valence-corrected chi connectivity index (χ3v) is 3.81. The topological polar surface area (TPSA) is 54.5 Å². The van der Waals surface area contributed by atoms with Crippen molar-refractivity contribution in [1.29, 1.82) is 0 Å². The quantitative estimate of drug-likeness (QED) is 0.802. The second-order valence-corrected chi connectivity index (χ2v) is 5.74. The summed E-state index contributed by atoms with van der Waals surface area (Å²) in [5.74, 6) is 0.0226. The highest BCUT2D eigenvalue weighted by molar-refractivity contribution is 5.92. The minimum absolute atomic E-state index is 0.0226. The Labute approximate surface area is 133 Å². The molecule has 1 amide bonds. The largest absolute Gasteiger partial charge is 0.381 e. The molecule has 1 saturated heterocycles. The van der Waals surface area contributed by atoms with E-state index < -0.39 is 0 Å². The number of carbonyl (C=O) groups excluding carboxylic acids is 1. The van der Waals surface area contributed by atoms with Crippen molar-refractivity contribution >= 4 is 11.6 Å². The molecule has 1 fully saturated rings. The Morgan fingerprint density at radius 3 is 2.68 bits per heavy atom. The minimum atomic E-state index is 0.0226. The van der Waals surface area contributed by atoms with Gasteiger partial charge in [0.25, 0.3) is 5.91 Å². The van der Waals surface area contributed by atoms with Crippen LogP contribution in [0.4, 0.5) is 5.69 Å². The van der Waals surface area contributed by atoms with Gasteiger partial charge in [0.1, 0.15) is 5.69 Å². The summed E-state index contributed by atoms with van der Waals surface area (Å²) in [6.07, 6.45) is 6.21. The molecular formula is C17H27N3O2. The lowest BCUT2D eigenvalue weighted by atomic mass is 10.2. The highest BCUT2D eigenvalue weighted by Gasteiger charge is 2.16. The van der Waals surface area contributed by atoms with E-state index in [-0.39, 0.29) is 5.91 Å². The molecule has 2 rings (SSSR count). The maximum atomic E-state index is 12.4. The van der Waals surface area contributed by atoms with E-state index in [9.17, 15) is 4.79 Å². The van der Waals surface area contributed by atoms with Crippen molar-refractivity contribution in [2.24, 2.45) is 0 Å². The van der Waals surface area contributed by atoms with Crippen LogP contribution < -0.4 is 5.32 Å². The molecule has 0 saturated carbocycles. The summed E-state index contributed by atoms with van der Waals surface area (Å²) < 4.78 is 5.58. The third-order valence-electron chi connectivity index (χ3n) is 3.81. The highest BCUT2D eigenvalue weighted by Crippen LogP contribution is 2.14. The zero-order chi connectivity index (χ0) is 15.8. The molecule has 0 bridgehead atoms. The van der Waals surface area contributed by atoms with Gasteiger partial charge in [-0.3, -0.25) is 4.79 Å². The Balaban J connectivity index is 1.90. The average molecular weight is 305 g/mol. The van der Waals surface area contributed by atoms with Crippen LogP contribution in [0.25, 0.3) is 0 Å². The number of ether oxygens (including phenoxy) is 1. The fourth-order valence-corrected chi connectivity index (χ4v) is 2.68. The van der Waals surface area contributed by atoms with Crippen LogP contribution in [0.2, 0.25) is 0 Å². The van der Waals surface area contributed by atoms with Gasteiger partial charge in [0, 0.05) is 26.2 Å². The first kappa shape index (κ1) is 16.7. The number of anilines is 1. The van der Waals surface area contributed by atoms with Gasteiger partial charge in [-0.2, -0.15) is 0 Å². The standard InChI is InChI=1S/C17H27N3O2/c1-3-9-20(10-4-2)17(21)16-8-7-14(12-19-16)18-13-15-6-5-11-22-15/h7-8,12,15,18H,3-6,9-11,13H2,1-2H3. The molecule has 5 nitrogen and oxygen atoms in total. The van der Waals surface area contributed by atoms with E-state index >= 15 is 0 Å². The molecule has 0 aromatic carbocycles. The van der Waals surface area contributed by atoms with Crippen LogP contribution in [-0.4, -0.2) is 48.1 Å². The van der Waals surface area contributed by atoms with Crippen LogP contribution in [-0.2, 0) is 4.74 Å². The lowest BCUT2D eigenvalue weighted by Gasteiger charge is -2.21. The van der Waals surface area contributed by atoms with Gasteiger partial charge in [-0.25, -0.2) is 4.98 Å². The Bertz CT molecular complexity index is 449.